The van der Waals surface area contributed by atoms with Gasteiger partial charge in [0.1, 0.15) is 18.0 Å². The Hall–Kier alpha value is -1.95. The molecule has 5 nitrogen and oxygen atoms in total. The van der Waals surface area contributed by atoms with Crippen LogP contribution in [-0.2, 0) is 6.18 Å². The molecule has 2 aromatic rings. The average molecular weight is 318 g/mol. The molecule has 0 aliphatic carbocycles. The predicted octanol–water partition coefficient (Wildman–Crippen LogP) is 2.32. The second kappa shape index (κ2) is 4.38. The van der Waals surface area contributed by atoms with Crippen molar-refractivity contribution in [1.29, 1.82) is 5.26 Å². The number of pyridine rings is 1. The Bertz CT molecular complexity index is 628. The number of rotatable bonds is 1. The molecule has 0 fully saturated rings. The number of nitrogens with zero attached hydrogens (tertiary/aromatic N) is 5. The van der Waals surface area contributed by atoms with E-state index in [1.807, 2.05) is 0 Å². The molecule has 0 saturated carbocycles. The van der Waals surface area contributed by atoms with Crippen LogP contribution in [0, 0.1) is 11.3 Å². The van der Waals surface area contributed by atoms with Crippen molar-refractivity contribution in [2.75, 3.05) is 0 Å². The molecule has 0 spiro atoms. The first-order chi connectivity index (χ1) is 8.41. The molecular formula is C9H3BrF3N5. The Morgan fingerprint density at radius 2 is 2.06 bits per heavy atom. The summed E-state index contributed by atoms with van der Waals surface area (Å²) in [6.45, 7) is 0. The fourth-order valence-electron chi connectivity index (χ4n) is 1.24. The highest BCUT2D eigenvalue weighted by Crippen LogP contribution is 2.34. The lowest BCUT2D eigenvalue weighted by atomic mass is 10.2. The van der Waals surface area contributed by atoms with Gasteiger partial charge in [0.05, 0.1) is 0 Å². The summed E-state index contributed by atoms with van der Waals surface area (Å²) in [5.41, 5.74) is -0.966. The van der Waals surface area contributed by atoms with E-state index < -0.39 is 17.6 Å². The van der Waals surface area contributed by atoms with Crippen LogP contribution >= 0.6 is 15.9 Å². The van der Waals surface area contributed by atoms with E-state index in [-0.39, 0.29) is 10.3 Å². The van der Waals surface area contributed by atoms with Gasteiger partial charge < -0.3 is 0 Å². The van der Waals surface area contributed by atoms with Crippen LogP contribution in [0.2, 0.25) is 0 Å². The van der Waals surface area contributed by atoms with Gasteiger partial charge in [0.2, 0.25) is 0 Å². The second-order valence-electron chi connectivity index (χ2n) is 3.15. The van der Waals surface area contributed by atoms with E-state index in [1.165, 1.54) is 6.20 Å². The maximum atomic E-state index is 12.8. The summed E-state index contributed by atoms with van der Waals surface area (Å²) >= 11 is 2.92. The normalized spacial score (nSPS) is 11.3. The third-order valence-corrected chi connectivity index (χ3v) is 2.38. The molecule has 0 N–H and O–H groups in total. The quantitative estimate of drug-likeness (QED) is 0.809. The fourth-order valence-corrected chi connectivity index (χ4v) is 1.57. The van der Waals surface area contributed by atoms with Crippen molar-refractivity contribution < 1.29 is 13.2 Å². The van der Waals surface area contributed by atoms with Crippen LogP contribution in [-0.4, -0.2) is 19.7 Å². The highest BCUT2D eigenvalue weighted by atomic mass is 79.9. The van der Waals surface area contributed by atoms with E-state index in [1.54, 1.807) is 6.07 Å². The fraction of sp³-hybridized carbons (Fsp3) is 0.111. The molecule has 2 aromatic heterocycles. The summed E-state index contributed by atoms with van der Waals surface area (Å²) in [6, 6.07) is 2.51. The Morgan fingerprint density at radius 3 is 2.61 bits per heavy atom. The summed E-state index contributed by atoms with van der Waals surface area (Å²) in [7, 11) is 0. The zero-order chi connectivity index (χ0) is 13.3. The second-order valence-corrected chi connectivity index (χ2v) is 4.06. The van der Waals surface area contributed by atoms with Crippen molar-refractivity contribution in [3.8, 4) is 11.9 Å². The minimum Gasteiger partial charge on any atom is -0.235 e. The van der Waals surface area contributed by atoms with Gasteiger partial charge >= 0.3 is 6.18 Å². The van der Waals surface area contributed by atoms with E-state index in [0.717, 1.165) is 17.1 Å². The predicted molar refractivity (Wildman–Crippen MR) is 56.6 cm³/mol. The Morgan fingerprint density at radius 1 is 1.33 bits per heavy atom. The summed E-state index contributed by atoms with van der Waals surface area (Å²) in [6.07, 6.45) is -2.37. The monoisotopic (exact) mass is 317 g/mol. The number of nitriles is 1. The van der Waals surface area contributed by atoms with Crippen molar-refractivity contribution >= 4 is 15.9 Å². The summed E-state index contributed by atoms with van der Waals surface area (Å²) in [4.78, 5) is 7.18. The molecule has 0 aliphatic rings. The molecule has 0 aliphatic heterocycles. The van der Waals surface area contributed by atoms with Gasteiger partial charge in [-0.25, -0.2) is 14.6 Å². The maximum Gasteiger partial charge on any atom is 0.420 e. The zero-order valence-corrected chi connectivity index (χ0v) is 10.1. The Labute approximate surface area is 107 Å². The summed E-state index contributed by atoms with van der Waals surface area (Å²) in [5.74, 6) is -0.660. The lowest BCUT2D eigenvalue weighted by molar-refractivity contribution is -0.137. The van der Waals surface area contributed by atoms with E-state index in [0.29, 0.717) is 0 Å². The van der Waals surface area contributed by atoms with Crippen LogP contribution in [0.5, 0.6) is 0 Å². The van der Waals surface area contributed by atoms with Crippen LogP contribution in [0.25, 0.3) is 5.82 Å². The molecule has 2 rings (SSSR count). The number of hydrogen-bond donors (Lipinski definition) is 0. The van der Waals surface area contributed by atoms with Gasteiger partial charge in [0, 0.05) is 10.7 Å². The van der Waals surface area contributed by atoms with Gasteiger partial charge in [-0.05, 0) is 22.0 Å². The van der Waals surface area contributed by atoms with Crippen molar-refractivity contribution in [3.63, 3.8) is 0 Å². The third kappa shape index (κ3) is 2.33. The van der Waals surface area contributed by atoms with Gasteiger partial charge in [-0.1, -0.05) is 0 Å². The molecule has 2 heterocycles. The summed E-state index contributed by atoms with van der Waals surface area (Å²) in [5, 5.41) is 12.1. The molecule has 9 heteroatoms. The van der Waals surface area contributed by atoms with Crippen molar-refractivity contribution in [3.05, 3.63) is 34.5 Å². The molecule has 18 heavy (non-hydrogen) atoms. The number of halogens is 4. The minimum atomic E-state index is -4.58. The Kier molecular flexibility index (Phi) is 3.04. The van der Waals surface area contributed by atoms with E-state index in [2.05, 4.69) is 31.0 Å². The molecule has 0 amide bonds. The van der Waals surface area contributed by atoms with Gasteiger partial charge in [0.15, 0.2) is 5.82 Å². The van der Waals surface area contributed by atoms with E-state index in [4.69, 9.17) is 5.26 Å². The van der Waals surface area contributed by atoms with Crippen LogP contribution in [0.3, 0.4) is 0 Å². The van der Waals surface area contributed by atoms with E-state index >= 15 is 0 Å². The highest BCUT2D eigenvalue weighted by Gasteiger charge is 2.35. The molecule has 0 unspecified atom stereocenters. The molecule has 0 atom stereocenters. The molecule has 0 aromatic carbocycles. The van der Waals surface area contributed by atoms with Crippen LogP contribution in [0.15, 0.2) is 23.1 Å². The average Bonchev–Trinajstić information content (AvgIpc) is 2.76. The Balaban J connectivity index is 2.61. The molecule has 0 radical (unpaired) electrons. The number of hydrogen-bond acceptors (Lipinski definition) is 4. The topological polar surface area (TPSA) is 67.4 Å². The minimum absolute atomic E-state index is 0.194. The lowest BCUT2D eigenvalue weighted by Gasteiger charge is -2.11. The van der Waals surface area contributed by atoms with E-state index in [9.17, 15) is 13.2 Å². The SMILES string of the molecule is N#Cc1ncn(-c2ncc(Br)cc2C(F)(F)F)n1. The standard InChI is InChI=1S/C9H3BrF3N5/c10-5-1-6(9(11,12)13)8(15-3-5)18-4-16-7(2-14)17-18/h1,3-4H. The van der Waals surface area contributed by atoms with Crippen molar-refractivity contribution in [1.82, 2.24) is 19.7 Å². The molecule has 0 saturated heterocycles. The van der Waals surface area contributed by atoms with Crippen molar-refractivity contribution in [2.45, 2.75) is 6.18 Å². The number of aromatic nitrogens is 4. The molecule has 92 valence electrons. The summed E-state index contributed by atoms with van der Waals surface area (Å²) < 4.78 is 39.5. The molecule has 0 bridgehead atoms. The van der Waals surface area contributed by atoms with Gasteiger partial charge in [0.25, 0.3) is 5.82 Å². The van der Waals surface area contributed by atoms with Gasteiger partial charge in [-0.15, -0.1) is 5.10 Å². The third-order valence-electron chi connectivity index (χ3n) is 1.95. The van der Waals surface area contributed by atoms with Gasteiger partial charge in [-0.3, -0.25) is 0 Å². The largest absolute Gasteiger partial charge is 0.420 e. The van der Waals surface area contributed by atoms with Crippen LogP contribution in [0.4, 0.5) is 13.2 Å². The maximum absolute atomic E-state index is 12.8. The number of alkyl halides is 3. The zero-order valence-electron chi connectivity index (χ0n) is 8.48. The van der Waals surface area contributed by atoms with Crippen LogP contribution < -0.4 is 0 Å². The first kappa shape index (κ1) is 12.5. The van der Waals surface area contributed by atoms with Gasteiger partial charge in [-0.2, -0.15) is 18.4 Å². The smallest absolute Gasteiger partial charge is 0.235 e. The van der Waals surface area contributed by atoms with Crippen molar-refractivity contribution in [2.24, 2.45) is 0 Å². The van der Waals surface area contributed by atoms with Crippen LogP contribution in [0.1, 0.15) is 11.4 Å². The first-order valence-electron chi connectivity index (χ1n) is 4.46. The molecular weight excluding hydrogens is 315 g/mol. The highest BCUT2D eigenvalue weighted by molar-refractivity contribution is 9.10. The lowest BCUT2D eigenvalue weighted by Crippen LogP contribution is -2.13. The first-order valence-corrected chi connectivity index (χ1v) is 5.26.